The lowest BCUT2D eigenvalue weighted by Crippen LogP contribution is -2.43. The van der Waals surface area contributed by atoms with Crippen molar-refractivity contribution in [3.05, 3.63) is 0 Å². The summed E-state index contributed by atoms with van der Waals surface area (Å²) in [4.78, 5) is 22.0. The van der Waals surface area contributed by atoms with Crippen molar-refractivity contribution in [3.8, 4) is 0 Å². The number of carbonyl (C=O) groups is 2. The lowest BCUT2D eigenvalue weighted by molar-refractivity contribution is -0.172. The SMILES string of the molecule is CC(=O)O[C@@H](C(=O)O)C(C)(C)COS(=O)(=O)CCCCl. The Morgan fingerprint density at radius 3 is 2.30 bits per heavy atom. The number of esters is 1. The summed E-state index contributed by atoms with van der Waals surface area (Å²) < 4.78 is 32.5. The minimum absolute atomic E-state index is 0.178. The monoisotopic (exact) mass is 330 g/mol. The van der Waals surface area contributed by atoms with Crippen LogP contribution in [0.5, 0.6) is 0 Å². The van der Waals surface area contributed by atoms with Gasteiger partial charge in [0.05, 0.1) is 12.4 Å². The van der Waals surface area contributed by atoms with Crippen LogP contribution >= 0.6 is 11.6 Å². The molecule has 0 aliphatic rings. The highest BCUT2D eigenvalue weighted by molar-refractivity contribution is 7.86. The fraction of sp³-hybridized carbons (Fsp3) is 0.818. The van der Waals surface area contributed by atoms with Gasteiger partial charge in [-0.15, -0.1) is 11.6 Å². The lowest BCUT2D eigenvalue weighted by atomic mass is 9.87. The first kappa shape index (κ1) is 19.1. The molecule has 118 valence electrons. The predicted octanol–water partition coefficient (Wildman–Crippen LogP) is 1.00. The molecule has 0 aromatic carbocycles. The lowest BCUT2D eigenvalue weighted by Gasteiger charge is -2.29. The number of carbonyl (C=O) groups excluding carboxylic acids is 1. The molecule has 0 saturated carbocycles. The van der Waals surface area contributed by atoms with Crippen LogP contribution in [0.25, 0.3) is 0 Å². The third-order valence-corrected chi connectivity index (χ3v) is 3.89. The standard InChI is InChI=1S/C11H19ClO7S/c1-8(13)19-9(10(14)15)11(2,3)7-18-20(16,17)6-4-5-12/h9H,4-7H2,1-3H3,(H,14,15)/t9-/m0/s1. The van der Waals surface area contributed by atoms with E-state index in [4.69, 9.17) is 20.9 Å². The van der Waals surface area contributed by atoms with Gasteiger partial charge in [-0.05, 0) is 6.42 Å². The van der Waals surface area contributed by atoms with Crippen LogP contribution in [0.15, 0.2) is 0 Å². The van der Waals surface area contributed by atoms with E-state index in [2.05, 4.69) is 4.74 Å². The first-order valence-electron chi connectivity index (χ1n) is 5.85. The molecule has 7 nitrogen and oxygen atoms in total. The van der Waals surface area contributed by atoms with Gasteiger partial charge in [0.25, 0.3) is 10.1 Å². The topological polar surface area (TPSA) is 107 Å². The van der Waals surface area contributed by atoms with Gasteiger partial charge in [-0.3, -0.25) is 8.98 Å². The van der Waals surface area contributed by atoms with E-state index < -0.39 is 40.2 Å². The summed E-state index contributed by atoms with van der Waals surface area (Å²) in [6, 6.07) is 0. The van der Waals surface area contributed by atoms with Gasteiger partial charge in [0.1, 0.15) is 0 Å². The van der Waals surface area contributed by atoms with Crippen LogP contribution in [-0.4, -0.2) is 49.8 Å². The highest BCUT2D eigenvalue weighted by Gasteiger charge is 2.39. The Bertz CT molecular complexity index is 444. The second-order valence-electron chi connectivity index (χ2n) is 4.88. The van der Waals surface area contributed by atoms with E-state index in [-0.39, 0.29) is 18.1 Å². The third-order valence-electron chi connectivity index (χ3n) is 2.36. The highest BCUT2D eigenvalue weighted by atomic mass is 35.5. The van der Waals surface area contributed by atoms with E-state index in [9.17, 15) is 18.0 Å². The number of alkyl halides is 1. The number of hydrogen-bond acceptors (Lipinski definition) is 6. The molecular formula is C11H19ClO7S. The molecule has 0 aliphatic heterocycles. The molecule has 1 atom stereocenters. The molecule has 9 heteroatoms. The Labute approximate surface area is 123 Å². The summed E-state index contributed by atoms with van der Waals surface area (Å²) in [5.41, 5.74) is -1.20. The fourth-order valence-corrected chi connectivity index (χ4v) is 2.71. The summed E-state index contributed by atoms with van der Waals surface area (Å²) in [7, 11) is -3.78. The predicted molar refractivity (Wildman–Crippen MR) is 72.0 cm³/mol. The van der Waals surface area contributed by atoms with E-state index in [0.29, 0.717) is 0 Å². The van der Waals surface area contributed by atoms with E-state index in [1.54, 1.807) is 0 Å². The fourth-order valence-electron chi connectivity index (χ4n) is 1.32. The number of rotatable bonds is 9. The number of carboxylic acids is 1. The Hall–Kier alpha value is -0.860. The van der Waals surface area contributed by atoms with Gasteiger partial charge in [0.15, 0.2) is 0 Å². The molecule has 0 rings (SSSR count). The zero-order valence-corrected chi connectivity index (χ0v) is 13.2. The molecule has 0 heterocycles. The molecule has 0 unspecified atom stereocenters. The van der Waals surface area contributed by atoms with Crippen LogP contribution in [-0.2, 0) is 28.6 Å². The zero-order chi connectivity index (χ0) is 16.0. The average Bonchev–Trinajstić information content (AvgIpc) is 2.31. The van der Waals surface area contributed by atoms with Crippen molar-refractivity contribution in [1.82, 2.24) is 0 Å². The number of hydrogen-bond donors (Lipinski definition) is 1. The molecule has 0 amide bonds. The summed E-state index contributed by atoms with van der Waals surface area (Å²) in [6.45, 7) is 3.53. The molecule has 0 radical (unpaired) electrons. The highest BCUT2D eigenvalue weighted by Crippen LogP contribution is 2.25. The van der Waals surface area contributed by atoms with Gasteiger partial charge >= 0.3 is 11.9 Å². The minimum atomic E-state index is -3.78. The average molecular weight is 331 g/mol. The minimum Gasteiger partial charge on any atom is -0.478 e. The second-order valence-corrected chi connectivity index (χ2v) is 7.02. The Kier molecular flexibility index (Phi) is 7.46. The molecule has 0 aromatic heterocycles. The first-order chi connectivity index (χ1) is 9.02. The Balaban J connectivity index is 4.77. The number of ether oxygens (including phenoxy) is 1. The van der Waals surface area contributed by atoms with Crippen molar-refractivity contribution in [1.29, 1.82) is 0 Å². The van der Waals surface area contributed by atoms with Gasteiger partial charge < -0.3 is 9.84 Å². The van der Waals surface area contributed by atoms with Gasteiger partial charge in [-0.1, -0.05) is 13.8 Å². The van der Waals surface area contributed by atoms with Crippen molar-refractivity contribution < 1.29 is 32.0 Å². The quantitative estimate of drug-likeness (QED) is 0.382. The summed E-state index contributed by atoms with van der Waals surface area (Å²) in [6.07, 6.45) is -1.26. The molecule has 0 fully saturated rings. The van der Waals surface area contributed by atoms with Gasteiger partial charge in [0.2, 0.25) is 6.10 Å². The van der Waals surface area contributed by atoms with Crippen LogP contribution < -0.4 is 0 Å². The zero-order valence-electron chi connectivity index (χ0n) is 11.6. The molecule has 1 N–H and O–H groups in total. The van der Waals surface area contributed by atoms with Gasteiger partial charge in [0, 0.05) is 18.2 Å². The van der Waals surface area contributed by atoms with Crippen LogP contribution in [0.3, 0.4) is 0 Å². The van der Waals surface area contributed by atoms with E-state index in [0.717, 1.165) is 6.92 Å². The molecule has 0 aromatic rings. The van der Waals surface area contributed by atoms with E-state index in [1.165, 1.54) is 13.8 Å². The molecule has 0 bridgehead atoms. The second kappa shape index (κ2) is 7.80. The smallest absolute Gasteiger partial charge is 0.345 e. The maximum atomic E-state index is 11.5. The summed E-state index contributed by atoms with van der Waals surface area (Å²) in [5, 5.41) is 9.03. The third kappa shape index (κ3) is 7.06. The Morgan fingerprint density at radius 2 is 1.90 bits per heavy atom. The number of aliphatic carboxylic acids is 1. The molecule has 0 spiro atoms. The van der Waals surface area contributed by atoms with Crippen molar-refractivity contribution in [2.45, 2.75) is 33.3 Å². The molecule has 0 saturated heterocycles. The molecular weight excluding hydrogens is 312 g/mol. The van der Waals surface area contributed by atoms with Crippen molar-refractivity contribution >= 4 is 33.7 Å². The van der Waals surface area contributed by atoms with Crippen LogP contribution in [0.2, 0.25) is 0 Å². The largest absolute Gasteiger partial charge is 0.478 e. The molecule has 0 aliphatic carbocycles. The number of carboxylic acid groups (broad SMARTS) is 1. The summed E-state index contributed by atoms with van der Waals surface area (Å²) in [5.74, 6) is -2.21. The molecule has 20 heavy (non-hydrogen) atoms. The Morgan fingerprint density at radius 1 is 1.35 bits per heavy atom. The normalized spacial score (nSPS) is 13.8. The van der Waals surface area contributed by atoms with Crippen molar-refractivity contribution in [2.24, 2.45) is 5.41 Å². The van der Waals surface area contributed by atoms with E-state index in [1.807, 2.05) is 0 Å². The maximum absolute atomic E-state index is 11.5. The van der Waals surface area contributed by atoms with E-state index >= 15 is 0 Å². The van der Waals surface area contributed by atoms with Gasteiger partial charge in [-0.2, -0.15) is 8.42 Å². The number of halogens is 1. The van der Waals surface area contributed by atoms with Crippen molar-refractivity contribution in [3.63, 3.8) is 0 Å². The first-order valence-corrected chi connectivity index (χ1v) is 7.96. The van der Waals surface area contributed by atoms with Crippen molar-refractivity contribution in [2.75, 3.05) is 18.2 Å². The van der Waals surface area contributed by atoms with Crippen LogP contribution in [0.4, 0.5) is 0 Å². The van der Waals surface area contributed by atoms with Gasteiger partial charge in [-0.25, -0.2) is 4.79 Å². The van der Waals surface area contributed by atoms with Crippen LogP contribution in [0.1, 0.15) is 27.2 Å². The van der Waals surface area contributed by atoms with Crippen LogP contribution in [0, 0.1) is 5.41 Å². The maximum Gasteiger partial charge on any atom is 0.345 e. The summed E-state index contributed by atoms with van der Waals surface area (Å²) >= 11 is 5.39.